The highest BCUT2D eigenvalue weighted by atomic mass is 14.9. The Morgan fingerprint density at radius 1 is 0.529 bits per heavy atom. The molecule has 1 aliphatic carbocycles. The van der Waals surface area contributed by atoms with Crippen molar-refractivity contribution < 1.29 is 0 Å². The molecule has 0 saturated heterocycles. The summed E-state index contributed by atoms with van der Waals surface area (Å²) >= 11 is 0. The fraction of sp³-hybridized carbons (Fsp3) is 0.104. The Balaban J connectivity index is 1.31. The van der Waals surface area contributed by atoms with Crippen molar-refractivity contribution in [2.45, 2.75) is 25.2 Å². The minimum absolute atomic E-state index is 0.0623. The van der Waals surface area contributed by atoms with Crippen LogP contribution >= 0.6 is 0 Å². The van der Waals surface area contributed by atoms with E-state index in [4.69, 9.17) is 9.97 Å². The van der Waals surface area contributed by atoms with Gasteiger partial charge in [-0.05, 0) is 63.4 Å². The van der Waals surface area contributed by atoms with Crippen LogP contribution in [0.1, 0.15) is 47.6 Å². The van der Waals surface area contributed by atoms with E-state index < -0.39 is 5.41 Å². The van der Waals surface area contributed by atoms with Gasteiger partial charge in [-0.3, -0.25) is 4.98 Å². The van der Waals surface area contributed by atoms with E-state index in [1.54, 1.807) is 0 Å². The van der Waals surface area contributed by atoms with Gasteiger partial charge in [0.05, 0.1) is 16.8 Å². The molecular formula is C48H39N3. The molecule has 0 radical (unpaired) electrons. The van der Waals surface area contributed by atoms with Crippen LogP contribution in [0.5, 0.6) is 0 Å². The van der Waals surface area contributed by atoms with E-state index in [-0.39, 0.29) is 11.8 Å². The first-order chi connectivity index (χ1) is 25.1. The quantitative estimate of drug-likeness (QED) is 0.179. The first-order valence-electron chi connectivity index (χ1n) is 17.7. The molecule has 3 heteroatoms. The molecule has 0 saturated carbocycles. The SMILES string of the molecule is CC1/C=C\C(c2cccc(-c3cc(-c4ccccc4)nc(-c4ccccc4)n3)c2)=C/C(C)C(c2ccccc2)(c2cccnc2)c2ccccc21. The van der Waals surface area contributed by atoms with Gasteiger partial charge in [0.2, 0.25) is 0 Å². The summed E-state index contributed by atoms with van der Waals surface area (Å²) in [5, 5.41) is 0. The Hall–Kier alpha value is -6.19. The Morgan fingerprint density at radius 3 is 1.86 bits per heavy atom. The lowest BCUT2D eigenvalue weighted by atomic mass is 9.60. The fourth-order valence-corrected chi connectivity index (χ4v) is 7.72. The van der Waals surface area contributed by atoms with Crippen molar-refractivity contribution in [2.24, 2.45) is 5.92 Å². The lowest BCUT2D eigenvalue weighted by molar-refractivity contribution is 0.476. The summed E-state index contributed by atoms with van der Waals surface area (Å²) in [6, 6.07) is 55.7. The predicted molar refractivity (Wildman–Crippen MR) is 210 cm³/mol. The third-order valence-corrected chi connectivity index (χ3v) is 10.2. The van der Waals surface area contributed by atoms with Gasteiger partial charge < -0.3 is 0 Å². The minimum atomic E-state index is -0.475. The molecule has 0 aliphatic heterocycles. The van der Waals surface area contributed by atoms with Crippen LogP contribution in [0.4, 0.5) is 0 Å². The number of hydrogen-bond donors (Lipinski definition) is 0. The highest BCUT2D eigenvalue weighted by Gasteiger charge is 2.43. The molecule has 2 heterocycles. The summed E-state index contributed by atoms with van der Waals surface area (Å²) < 4.78 is 0. The molecule has 0 bridgehead atoms. The molecule has 0 fully saturated rings. The van der Waals surface area contributed by atoms with E-state index >= 15 is 0 Å². The molecule has 3 nitrogen and oxygen atoms in total. The van der Waals surface area contributed by atoms with Crippen LogP contribution in [0.2, 0.25) is 0 Å². The topological polar surface area (TPSA) is 38.7 Å². The third kappa shape index (κ3) is 6.13. The largest absolute Gasteiger partial charge is 0.264 e. The van der Waals surface area contributed by atoms with Crippen molar-refractivity contribution in [3.8, 4) is 33.9 Å². The van der Waals surface area contributed by atoms with Gasteiger partial charge >= 0.3 is 0 Å². The molecule has 3 unspecified atom stereocenters. The second-order valence-corrected chi connectivity index (χ2v) is 13.3. The van der Waals surface area contributed by atoms with Gasteiger partial charge in [0, 0.05) is 29.1 Å². The smallest absolute Gasteiger partial charge is 0.160 e. The standard InChI is InChI=1S/C48H39N3/c1-34-27-28-39(30-35(2)48(41-22-10-5-11-23-41,42-24-15-29-49-33-42)44-26-13-12-25-43(34)44)38-20-14-21-40(31-38)46-32-45(36-16-6-3-7-17-36)50-47(51-46)37-18-8-4-9-19-37/h3-35H,1-2H3/b28-27-,39-30+. The minimum Gasteiger partial charge on any atom is -0.264 e. The Kier molecular flexibility index (Phi) is 8.78. The number of fused-ring (bicyclic) bond motifs is 1. The van der Waals surface area contributed by atoms with E-state index in [0.717, 1.165) is 33.6 Å². The molecule has 0 N–H and O–H groups in total. The van der Waals surface area contributed by atoms with Crippen LogP contribution in [0.25, 0.3) is 39.5 Å². The van der Waals surface area contributed by atoms with E-state index in [1.807, 2.05) is 36.7 Å². The molecular weight excluding hydrogens is 619 g/mol. The van der Waals surface area contributed by atoms with E-state index in [0.29, 0.717) is 5.82 Å². The normalized spacial score (nSPS) is 20.2. The van der Waals surface area contributed by atoms with Crippen molar-refractivity contribution in [1.82, 2.24) is 15.0 Å². The van der Waals surface area contributed by atoms with Crippen LogP contribution < -0.4 is 0 Å². The van der Waals surface area contributed by atoms with E-state index in [9.17, 15) is 0 Å². The number of allylic oxidation sites excluding steroid dienone is 4. The zero-order chi connectivity index (χ0) is 34.6. The molecule has 0 amide bonds. The molecule has 51 heavy (non-hydrogen) atoms. The molecule has 5 aromatic carbocycles. The molecule has 7 aromatic rings. The summed E-state index contributed by atoms with van der Waals surface area (Å²) in [4.78, 5) is 14.8. The first kappa shape index (κ1) is 32.0. The Bertz CT molecular complexity index is 2230. The third-order valence-electron chi connectivity index (χ3n) is 10.2. The average molecular weight is 658 g/mol. The molecule has 1 aliphatic rings. The maximum absolute atomic E-state index is 5.14. The summed E-state index contributed by atoms with van der Waals surface area (Å²) in [7, 11) is 0. The van der Waals surface area contributed by atoms with Crippen LogP contribution in [0.15, 0.2) is 188 Å². The molecule has 2 aromatic heterocycles. The number of pyridine rings is 1. The second kappa shape index (κ2) is 14.0. The lowest BCUT2D eigenvalue weighted by Crippen LogP contribution is -2.37. The molecule has 246 valence electrons. The van der Waals surface area contributed by atoms with Gasteiger partial charge in [-0.25, -0.2) is 9.97 Å². The number of nitrogens with zero attached hydrogens (tertiary/aromatic N) is 3. The predicted octanol–water partition coefficient (Wildman–Crippen LogP) is 11.6. The fourth-order valence-electron chi connectivity index (χ4n) is 7.72. The van der Waals surface area contributed by atoms with Crippen LogP contribution in [-0.4, -0.2) is 15.0 Å². The molecule has 3 atom stereocenters. The zero-order valence-corrected chi connectivity index (χ0v) is 28.9. The highest BCUT2D eigenvalue weighted by molar-refractivity contribution is 5.80. The van der Waals surface area contributed by atoms with Crippen molar-refractivity contribution >= 4 is 5.57 Å². The average Bonchev–Trinajstić information content (AvgIpc) is 3.25. The number of hydrogen-bond acceptors (Lipinski definition) is 3. The van der Waals surface area contributed by atoms with Gasteiger partial charge in [0.25, 0.3) is 0 Å². The van der Waals surface area contributed by atoms with E-state index in [1.165, 1.54) is 27.8 Å². The monoisotopic (exact) mass is 657 g/mol. The summed E-state index contributed by atoms with van der Waals surface area (Å²) in [5.41, 5.74) is 11.8. The van der Waals surface area contributed by atoms with Crippen molar-refractivity contribution in [3.63, 3.8) is 0 Å². The molecule has 0 spiro atoms. The second-order valence-electron chi connectivity index (χ2n) is 13.3. The van der Waals surface area contributed by atoms with Gasteiger partial charge in [-0.2, -0.15) is 0 Å². The summed E-state index contributed by atoms with van der Waals surface area (Å²) in [5.74, 6) is 0.956. The maximum atomic E-state index is 5.14. The highest BCUT2D eigenvalue weighted by Crippen LogP contribution is 2.49. The summed E-state index contributed by atoms with van der Waals surface area (Å²) in [6.07, 6.45) is 11.0. The Labute approximate surface area is 300 Å². The van der Waals surface area contributed by atoms with Crippen LogP contribution in [0, 0.1) is 5.92 Å². The molecule has 8 rings (SSSR count). The van der Waals surface area contributed by atoms with Crippen LogP contribution in [-0.2, 0) is 5.41 Å². The van der Waals surface area contributed by atoms with E-state index in [2.05, 4.69) is 171 Å². The first-order valence-corrected chi connectivity index (χ1v) is 17.7. The van der Waals surface area contributed by atoms with Gasteiger partial charge in [-0.1, -0.05) is 172 Å². The number of aromatic nitrogens is 3. The van der Waals surface area contributed by atoms with Crippen LogP contribution in [0.3, 0.4) is 0 Å². The van der Waals surface area contributed by atoms with Crippen molar-refractivity contribution in [3.05, 3.63) is 216 Å². The maximum Gasteiger partial charge on any atom is 0.160 e. The number of rotatable bonds is 6. The van der Waals surface area contributed by atoms with Crippen molar-refractivity contribution in [2.75, 3.05) is 0 Å². The van der Waals surface area contributed by atoms with Gasteiger partial charge in [0.15, 0.2) is 5.82 Å². The van der Waals surface area contributed by atoms with Crippen molar-refractivity contribution in [1.29, 1.82) is 0 Å². The van der Waals surface area contributed by atoms with Gasteiger partial charge in [0.1, 0.15) is 0 Å². The summed E-state index contributed by atoms with van der Waals surface area (Å²) in [6.45, 7) is 4.66. The lowest BCUT2D eigenvalue weighted by Gasteiger charge is -2.41. The Morgan fingerprint density at radius 2 is 1.14 bits per heavy atom. The number of benzene rings is 5. The zero-order valence-electron chi connectivity index (χ0n) is 28.9. The van der Waals surface area contributed by atoms with Gasteiger partial charge in [-0.15, -0.1) is 0 Å².